The summed E-state index contributed by atoms with van der Waals surface area (Å²) in [5, 5.41) is 8.32. The smallest absolute Gasteiger partial charge is 0.111 e. The van der Waals surface area contributed by atoms with E-state index in [4.69, 9.17) is 9.47 Å². The van der Waals surface area contributed by atoms with Gasteiger partial charge >= 0.3 is 0 Å². The maximum atomic E-state index is 5.74. The van der Waals surface area contributed by atoms with Crippen molar-refractivity contribution < 1.29 is 9.47 Å². The van der Waals surface area contributed by atoms with Crippen molar-refractivity contribution in [2.24, 2.45) is 5.92 Å². The van der Waals surface area contributed by atoms with E-state index in [2.05, 4.69) is 10.3 Å². The van der Waals surface area contributed by atoms with Crippen LogP contribution in [0.1, 0.15) is 50.3 Å². The molecule has 1 aliphatic carbocycles. The van der Waals surface area contributed by atoms with Crippen molar-refractivity contribution in [3.63, 3.8) is 0 Å². The Kier molecular flexibility index (Phi) is 4.45. The molecule has 1 saturated heterocycles. The highest BCUT2D eigenvalue weighted by atomic mass is 16.5. The van der Waals surface area contributed by atoms with Crippen LogP contribution in [0.3, 0.4) is 0 Å². The number of hydrogen-bond donors (Lipinski definition) is 0. The second-order valence-corrected chi connectivity index (χ2v) is 5.63. The van der Waals surface area contributed by atoms with Gasteiger partial charge in [-0.15, -0.1) is 5.10 Å². The topological polar surface area (TPSA) is 49.2 Å². The quantitative estimate of drug-likeness (QED) is 0.741. The fourth-order valence-electron chi connectivity index (χ4n) is 2.97. The molecule has 0 aromatic carbocycles. The third-order valence-corrected chi connectivity index (χ3v) is 4.11. The molecule has 2 fully saturated rings. The van der Waals surface area contributed by atoms with E-state index in [-0.39, 0.29) is 6.10 Å². The Morgan fingerprint density at radius 3 is 2.95 bits per heavy atom. The van der Waals surface area contributed by atoms with E-state index in [0.717, 1.165) is 50.8 Å². The Hall–Kier alpha value is -0.940. The van der Waals surface area contributed by atoms with E-state index >= 15 is 0 Å². The highest BCUT2D eigenvalue weighted by molar-refractivity contribution is 4.99. The number of nitrogens with zero attached hydrogens (tertiary/aromatic N) is 3. The van der Waals surface area contributed by atoms with Crippen molar-refractivity contribution in [2.75, 3.05) is 19.8 Å². The van der Waals surface area contributed by atoms with Gasteiger partial charge in [0, 0.05) is 13.2 Å². The first-order valence-corrected chi connectivity index (χ1v) is 7.51. The van der Waals surface area contributed by atoms with Gasteiger partial charge < -0.3 is 9.47 Å². The zero-order valence-corrected chi connectivity index (χ0v) is 11.5. The van der Waals surface area contributed by atoms with Gasteiger partial charge in [-0.05, 0) is 31.6 Å². The minimum absolute atomic E-state index is 0.160. The fraction of sp³-hybridized carbons (Fsp3) is 0.857. The van der Waals surface area contributed by atoms with Crippen molar-refractivity contribution in [3.05, 3.63) is 11.9 Å². The maximum Gasteiger partial charge on any atom is 0.111 e. The summed E-state index contributed by atoms with van der Waals surface area (Å²) in [6.07, 6.45) is 9.78. The molecule has 0 radical (unpaired) electrons. The van der Waals surface area contributed by atoms with Crippen LogP contribution >= 0.6 is 0 Å². The summed E-state index contributed by atoms with van der Waals surface area (Å²) in [6, 6.07) is 0. The van der Waals surface area contributed by atoms with Crippen LogP contribution in [0.2, 0.25) is 0 Å². The Morgan fingerprint density at radius 2 is 2.16 bits per heavy atom. The lowest BCUT2D eigenvalue weighted by atomic mass is 10.1. The monoisotopic (exact) mass is 265 g/mol. The van der Waals surface area contributed by atoms with E-state index in [1.807, 2.05) is 10.9 Å². The molecule has 5 heteroatoms. The molecule has 19 heavy (non-hydrogen) atoms. The molecule has 2 aliphatic rings. The zero-order valence-electron chi connectivity index (χ0n) is 11.5. The number of aromatic nitrogens is 3. The summed E-state index contributed by atoms with van der Waals surface area (Å²) in [4.78, 5) is 0. The van der Waals surface area contributed by atoms with Gasteiger partial charge in [0.05, 0.1) is 19.3 Å². The lowest BCUT2D eigenvalue weighted by Crippen LogP contribution is -2.11. The molecule has 0 amide bonds. The predicted molar refractivity (Wildman–Crippen MR) is 70.7 cm³/mol. The fourth-order valence-corrected chi connectivity index (χ4v) is 2.97. The summed E-state index contributed by atoms with van der Waals surface area (Å²) in [5.74, 6) is 0.790. The van der Waals surface area contributed by atoms with E-state index in [9.17, 15) is 0 Å². The summed E-state index contributed by atoms with van der Waals surface area (Å²) >= 11 is 0. The Bertz CT molecular complexity index is 382. The van der Waals surface area contributed by atoms with E-state index < -0.39 is 0 Å². The van der Waals surface area contributed by atoms with Crippen LogP contribution in [0.25, 0.3) is 0 Å². The molecule has 1 aromatic heterocycles. The van der Waals surface area contributed by atoms with Crippen molar-refractivity contribution in [3.8, 4) is 0 Å². The highest BCUT2D eigenvalue weighted by Gasteiger charge is 2.20. The van der Waals surface area contributed by atoms with Gasteiger partial charge in [0.2, 0.25) is 0 Å². The van der Waals surface area contributed by atoms with Gasteiger partial charge in [-0.3, -0.25) is 0 Å². The SMILES string of the molecule is c1c(C2CCCO2)nnn1CCOCC1CCCC1. The van der Waals surface area contributed by atoms with Crippen LogP contribution in [0, 0.1) is 5.92 Å². The molecule has 1 unspecified atom stereocenters. The van der Waals surface area contributed by atoms with E-state index in [0.29, 0.717) is 0 Å². The first kappa shape index (κ1) is 13.1. The van der Waals surface area contributed by atoms with E-state index in [1.54, 1.807) is 0 Å². The molecule has 5 nitrogen and oxygen atoms in total. The lowest BCUT2D eigenvalue weighted by Gasteiger charge is -2.09. The van der Waals surface area contributed by atoms with Crippen LogP contribution < -0.4 is 0 Å². The van der Waals surface area contributed by atoms with Crippen LogP contribution in [-0.4, -0.2) is 34.8 Å². The molecule has 0 N–H and O–H groups in total. The average molecular weight is 265 g/mol. The van der Waals surface area contributed by atoms with E-state index in [1.165, 1.54) is 25.7 Å². The average Bonchev–Trinajstić information content (AvgIpc) is 3.15. The van der Waals surface area contributed by atoms with Gasteiger partial charge in [0.1, 0.15) is 11.8 Å². The third kappa shape index (κ3) is 3.54. The van der Waals surface area contributed by atoms with Crippen molar-refractivity contribution >= 4 is 0 Å². The van der Waals surface area contributed by atoms with Crippen molar-refractivity contribution in [1.82, 2.24) is 15.0 Å². The van der Waals surface area contributed by atoms with Gasteiger partial charge in [-0.2, -0.15) is 0 Å². The molecular weight excluding hydrogens is 242 g/mol. The zero-order chi connectivity index (χ0) is 12.9. The predicted octanol–water partition coefficient (Wildman–Crippen LogP) is 2.34. The van der Waals surface area contributed by atoms with Crippen LogP contribution in [0.15, 0.2) is 6.20 Å². The van der Waals surface area contributed by atoms with Crippen LogP contribution in [0.5, 0.6) is 0 Å². The summed E-state index contributed by atoms with van der Waals surface area (Å²) in [5.41, 5.74) is 0.966. The molecule has 106 valence electrons. The Morgan fingerprint density at radius 1 is 1.26 bits per heavy atom. The Labute approximate surface area is 114 Å². The third-order valence-electron chi connectivity index (χ3n) is 4.11. The van der Waals surface area contributed by atoms with Crippen LogP contribution in [0.4, 0.5) is 0 Å². The van der Waals surface area contributed by atoms with Gasteiger partial charge in [0.15, 0.2) is 0 Å². The lowest BCUT2D eigenvalue weighted by molar-refractivity contribution is 0.0925. The molecule has 1 saturated carbocycles. The van der Waals surface area contributed by atoms with Crippen LogP contribution in [-0.2, 0) is 16.0 Å². The minimum atomic E-state index is 0.160. The molecule has 0 spiro atoms. The minimum Gasteiger partial charge on any atom is -0.379 e. The van der Waals surface area contributed by atoms with Gasteiger partial charge in [-0.25, -0.2) is 4.68 Å². The van der Waals surface area contributed by atoms with Gasteiger partial charge in [-0.1, -0.05) is 18.1 Å². The summed E-state index contributed by atoms with van der Waals surface area (Å²) in [6.45, 7) is 3.27. The highest BCUT2D eigenvalue weighted by Crippen LogP contribution is 2.26. The first-order valence-electron chi connectivity index (χ1n) is 7.51. The second kappa shape index (κ2) is 6.48. The number of rotatable bonds is 6. The molecule has 1 aliphatic heterocycles. The second-order valence-electron chi connectivity index (χ2n) is 5.63. The molecule has 2 heterocycles. The molecule has 3 rings (SSSR count). The molecule has 1 atom stereocenters. The van der Waals surface area contributed by atoms with Crippen molar-refractivity contribution in [1.29, 1.82) is 0 Å². The molecule has 1 aromatic rings. The normalized spacial score (nSPS) is 24.3. The Balaban J connectivity index is 1.37. The van der Waals surface area contributed by atoms with Gasteiger partial charge in [0.25, 0.3) is 0 Å². The largest absolute Gasteiger partial charge is 0.379 e. The molecule has 0 bridgehead atoms. The number of hydrogen-bond acceptors (Lipinski definition) is 4. The summed E-state index contributed by atoms with van der Waals surface area (Å²) in [7, 11) is 0. The standard InChI is InChI=1S/C14H23N3O2/c1-2-5-12(4-1)11-18-9-7-17-10-13(15-16-17)14-6-3-8-19-14/h10,12,14H,1-9,11H2. The van der Waals surface area contributed by atoms with Crippen molar-refractivity contribution in [2.45, 2.75) is 51.2 Å². The molecular formula is C14H23N3O2. The number of ether oxygens (including phenoxy) is 2. The first-order chi connectivity index (χ1) is 9.42. The summed E-state index contributed by atoms with van der Waals surface area (Å²) < 4.78 is 13.2. The maximum absolute atomic E-state index is 5.74.